The molecule has 2 aromatic rings. The van der Waals surface area contributed by atoms with Crippen molar-refractivity contribution >= 4 is 16.9 Å². The van der Waals surface area contributed by atoms with Crippen molar-refractivity contribution in [2.45, 2.75) is 18.8 Å². The number of hydrogen-bond acceptors (Lipinski definition) is 3. The van der Waals surface area contributed by atoms with E-state index < -0.39 is 0 Å². The van der Waals surface area contributed by atoms with Crippen LogP contribution in [0.15, 0.2) is 30.5 Å². The fourth-order valence-corrected chi connectivity index (χ4v) is 2.12. The molecule has 1 heterocycles. The largest absolute Gasteiger partial charge is 0.465 e. The van der Waals surface area contributed by atoms with Crippen LogP contribution in [0.5, 0.6) is 0 Å². The van der Waals surface area contributed by atoms with Gasteiger partial charge >= 0.3 is 5.97 Å². The highest BCUT2D eigenvalue weighted by Gasteiger charge is 2.24. The molecule has 1 aliphatic rings. The molecule has 0 aliphatic heterocycles. The Balaban J connectivity index is 2.20. The molecule has 1 aromatic carbocycles. The van der Waals surface area contributed by atoms with E-state index in [-0.39, 0.29) is 5.97 Å². The Kier molecular flexibility index (Phi) is 2.32. The van der Waals surface area contributed by atoms with Crippen LogP contribution >= 0.6 is 0 Å². The maximum Gasteiger partial charge on any atom is 0.338 e. The molecule has 0 unspecified atom stereocenters. The van der Waals surface area contributed by atoms with Gasteiger partial charge < -0.3 is 4.74 Å². The molecule has 1 fully saturated rings. The number of hydrogen-bond donors (Lipinski definition) is 0. The summed E-state index contributed by atoms with van der Waals surface area (Å²) in [6.45, 7) is 0. The quantitative estimate of drug-likeness (QED) is 0.740. The van der Waals surface area contributed by atoms with E-state index in [2.05, 4.69) is 17.1 Å². The van der Waals surface area contributed by atoms with Crippen LogP contribution in [0.25, 0.3) is 10.9 Å². The van der Waals surface area contributed by atoms with Crippen molar-refractivity contribution in [3.63, 3.8) is 0 Å². The number of fused-ring (bicyclic) bond motifs is 1. The average molecular weight is 227 g/mol. The fourth-order valence-electron chi connectivity index (χ4n) is 2.12. The smallest absolute Gasteiger partial charge is 0.338 e. The van der Waals surface area contributed by atoms with Crippen molar-refractivity contribution < 1.29 is 9.53 Å². The zero-order chi connectivity index (χ0) is 11.8. The first-order valence-corrected chi connectivity index (χ1v) is 5.76. The summed E-state index contributed by atoms with van der Waals surface area (Å²) < 4.78 is 4.79. The van der Waals surface area contributed by atoms with E-state index in [0.717, 1.165) is 10.9 Å². The number of benzene rings is 1. The second-order valence-electron chi connectivity index (χ2n) is 4.40. The molecule has 3 nitrogen and oxygen atoms in total. The monoisotopic (exact) mass is 227 g/mol. The third kappa shape index (κ3) is 1.78. The molecule has 17 heavy (non-hydrogen) atoms. The first-order chi connectivity index (χ1) is 8.29. The maximum atomic E-state index is 11.7. The predicted octanol–water partition coefficient (Wildman–Crippen LogP) is 2.90. The summed E-state index contributed by atoms with van der Waals surface area (Å²) in [5, 5.41) is 0.892. The highest BCUT2D eigenvalue weighted by atomic mass is 16.5. The van der Waals surface area contributed by atoms with Crippen LogP contribution in [0, 0.1) is 0 Å². The number of rotatable bonds is 2. The molecule has 3 rings (SSSR count). The Labute approximate surface area is 99.4 Å². The van der Waals surface area contributed by atoms with Crippen LogP contribution in [0.4, 0.5) is 0 Å². The van der Waals surface area contributed by atoms with Crippen LogP contribution in [0.2, 0.25) is 0 Å². The lowest BCUT2D eigenvalue weighted by molar-refractivity contribution is 0.0603. The van der Waals surface area contributed by atoms with E-state index in [4.69, 9.17) is 4.74 Å². The Morgan fingerprint density at radius 1 is 1.35 bits per heavy atom. The SMILES string of the molecule is COC(=O)c1ccnc2ccc(C3CC3)cc12. The number of aromatic nitrogens is 1. The minimum Gasteiger partial charge on any atom is -0.465 e. The first-order valence-electron chi connectivity index (χ1n) is 5.76. The Bertz CT molecular complexity index is 588. The molecule has 0 N–H and O–H groups in total. The van der Waals surface area contributed by atoms with Crippen LogP contribution in [-0.4, -0.2) is 18.1 Å². The second-order valence-corrected chi connectivity index (χ2v) is 4.40. The lowest BCUT2D eigenvalue weighted by Gasteiger charge is -2.06. The van der Waals surface area contributed by atoms with Gasteiger partial charge in [-0.1, -0.05) is 6.07 Å². The molecule has 0 atom stereocenters. The third-order valence-electron chi connectivity index (χ3n) is 3.22. The number of carbonyl (C=O) groups is 1. The van der Waals surface area contributed by atoms with Crippen molar-refractivity contribution in [3.8, 4) is 0 Å². The van der Waals surface area contributed by atoms with E-state index in [1.165, 1.54) is 25.5 Å². The molecular formula is C14H13NO2. The zero-order valence-corrected chi connectivity index (χ0v) is 9.64. The molecule has 3 heteroatoms. The van der Waals surface area contributed by atoms with E-state index >= 15 is 0 Å². The van der Waals surface area contributed by atoms with Crippen molar-refractivity contribution in [2.24, 2.45) is 0 Å². The van der Waals surface area contributed by atoms with Gasteiger partial charge in [0, 0.05) is 11.6 Å². The topological polar surface area (TPSA) is 39.2 Å². The van der Waals surface area contributed by atoms with Crippen molar-refractivity contribution in [2.75, 3.05) is 7.11 Å². The lowest BCUT2D eigenvalue weighted by atomic mass is 10.0. The normalized spacial score (nSPS) is 14.9. The van der Waals surface area contributed by atoms with Crippen molar-refractivity contribution in [1.29, 1.82) is 0 Å². The number of nitrogens with zero attached hydrogens (tertiary/aromatic N) is 1. The molecule has 1 aliphatic carbocycles. The average Bonchev–Trinajstić information content (AvgIpc) is 3.21. The summed E-state index contributed by atoms with van der Waals surface area (Å²) in [4.78, 5) is 15.9. The minimum absolute atomic E-state index is 0.301. The second kappa shape index (κ2) is 3.84. The Morgan fingerprint density at radius 2 is 2.18 bits per heavy atom. The molecule has 0 saturated heterocycles. The zero-order valence-electron chi connectivity index (χ0n) is 9.64. The molecule has 0 amide bonds. The van der Waals surface area contributed by atoms with E-state index in [0.29, 0.717) is 11.5 Å². The third-order valence-corrected chi connectivity index (χ3v) is 3.22. The van der Waals surface area contributed by atoms with Gasteiger partial charge in [-0.25, -0.2) is 4.79 Å². The van der Waals surface area contributed by atoms with Crippen LogP contribution in [0.1, 0.15) is 34.7 Å². The fraction of sp³-hybridized carbons (Fsp3) is 0.286. The van der Waals surface area contributed by atoms with Crippen molar-refractivity contribution in [1.82, 2.24) is 4.98 Å². The minimum atomic E-state index is -0.301. The Morgan fingerprint density at radius 3 is 2.88 bits per heavy atom. The summed E-state index contributed by atoms with van der Waals surface area (Å²) in [6.07, 6.45) is 4.14. The molecule has 0 bridgehead atoms. The predicted molar refractivity (Wildman–Crippen MR) is 65.1 cm³/mol. The van der Waals surface area contributed by atoms with E-state index in [1.54, 1.807) is 12.3 Å². The molecule has 0 radical (unpaired) electrons. The molecule has 0 spiro atoms. The highest BCUT2D eigenvalue weighted by molar-refractivity contribution is 6.03. The maximum absolute atomic E-state index is 11.7. The van der Waals surface area contributed by atoms with Crippen molar-refractivity contribution in [3.05, 3.63) is 41.6 Å². The molecule has 1 aromatic heterocycles. The highest BCUT2D eigenvalue weighted by Crippen LogP contribution is 2.41. The summed E-state index contributed by atoms with van der Waals surface area (Å²) in [5.41, 5.74) is 2.74. The van der Waals surface area contributed by atoms with Gasteiger partial charge in [-0.2, -0.15) is 0 Å². The van der Waals surface area contributed by atoms with E-state index in [9.17, 15) is 4.79 Å². The number of ether oxygens (including phenoxy) is 1. The summed E-state index contributed by atoms with van der Waals surface area (Å²) >= 11 is 0. The number of esters is 1. The van der Waals surface area contributed by atoms with Gasteiger partial charge in [-0.15, -0.1) is 0 Å². The van der Waals surface area contributed by atoms with Gasteiger partial charge in [-0.05, 0) is 42.5 Å². The summed E-state index contributed by atoms with van der Waals surface area (Å²) in [7, 11) is 1.40. The van der Waals surface area contributed by atoms with Gasteiger partial charge in [0.25, 0.3) is 0 Å². The van der Waals surface area contributed by atoms with Crippen LogP contribution in [0.3, 0.4) is 0 Å². The summed E-state index contributed by atoms with van der Waals surface area (Å²) in [6, 6.07) is 7.88. The number of pyridine rings is 1. The Hall–Kier alpha value is -1.90. The lowest BCUT2D eigenvalue weighted by Crippen LogP contribution is -2.02. The molecular weight excluding hydrogens is 214 g/mol. The molecule has 1 saturated carbocycles. The number of methoxy groups -OCH3 is 1. The van der Waals surface area contributed by atoms with Gasteiger partial charge in [-0.3, -0.25) is 4.98 Å². The van der Waals surface area contributed by atoms with Gasteiger partial charge in [0.05, 0.1) is 18.2 Å². The van der Waals surface area contributed by atoms with E-state index in [1.807, 2.05) is 6.07 Å². The van der Waals surface area contributed by atoms with Gasteiger partial charge in [0.15, 0.2) is 0 Å². The standard InChI is InChI=1S/C14H13NO2/c1-17-14(16)11-6-7-15-13-5-4-10(8-12(11)13)9-2-3-9/h4-9H,2-3H2,1H3. The van der Waals surface area contributed by atoms with Gasteiger partial charge in [0.2, 0.25) is 0 Å². The van der Waals surface area contributed by atoms with Gasteiger partial charge in [0.1, 0.15) is 0 Å². The van der Waals surface area contributed by atoms with Crippen LogP contribution < -0.4 is 0 Å². The molecule has 86 valence electrons. The first kappa shape index (κ1) is 10.3. The number of carbonyl (C=O) groups excluding carboxylic acids is 1. The summed E-state index contributed by atoms with van der Waals surface area (Å²) in [5.74, 6) is 0.371. The van der Waals surface area contributed by atoms with Crippen LogP contribution in [-0.2, 0) is 4.74 Å².